The predicted molar refractivity (Wildman–Crippen MR) is 74.6 cm³/mol. The van der Waals surface area contributed by atoms with Crippen LogP contribution in [0.5, 0.6) is 0 Å². The summed E-state index contributed by atoms with van der Waals surface area (Å²) in [5, 5.41) is 0. The number of aromatic nitrogens is 2. The maximum Gasteiger partial charge on any atom is 0.178 e. The van der Waals surface area contributed by atoms with E-state index in [2.05, 4.69) is 28.3 Å². The van der Waals surface area contributed by atoms with Crippen molar-refractivity contribution in [2.75, 3.05) is 11.5 Å². The number of para-hydroxylation sites is 2. The second kappa shape index (κ2) is 5.37. The Bertz CT molecular complexity index is 539. The van der Waals surface area contributed by atoms with E-state index >= 15 is 0 Å². The Kier molecular flexibility index (Phi) is 3.85. The fourth-order valence-electron chi connectivity index (χ4n) is 1.65. The number of hydrogen-bond acceptors (Lipinski definition) is 2. The highest BCUT2D eigenvalue weighted by Gasteiger charge is 2.02. The van der Waals surface area contributed by atoms with E-state index in [0.717, 1.165) is 28.3 Å². The summed E-state index contributed by atoms with van der Waals surface area (Å²) in [6.45, 7) is 4.65. The zero-order chi connectivity index (χ0) is 11.4. The van der Waals surface area contributed by atoms with Crippen molar-refractivity contribution in [3.05, 3.63) is 41.7 Å². The lowest BCUT2D eigenvalue weighted by Crippen LogP contribution is -2.00. The van der Waals surface area contributed by atoms with Crippen LogP contribution in [0.2, 0.25) is 0 Å². The highest BCUT2D eigenvalue weighted by Crippen LogP contribution is 2.14. The van der Waals surface area contributed by atoms with Crippen LogP contribution in [0.3, 0.4) is 0 Å². The van der Waals surface area contributed by atoms with E-state index in [9.17, 15) is 0 Å². The largest absolute Gasteiger partial charge is 0.331 e. The van der Waals surface area contributed by atoms with Gasteiger partial charge in [-0.25, -0.2) is 0 Å². The highest BCUT2D eigenvalue weighted by molar-refractivity contribution is 7.99. The van der Waals surface area contributed by atoms with Crippen LogP contribution in [-0.4, -0.2) is 21.1 Å². The number of aryl methyl sites for hydroxylation is 1. The van der Waals surface area contributed by atoms with Gasteiger partial charge < -0.3 is 9.55 Å². The molecule has 4 heteroatoms. The fourth-order valence-corrected chi connectivity index (χ4v) is 2.60. The second-order valence-electron chi connectivity index (χ2n) is 3.46. The number of benzene rings is 1. The number of hydrogen-bond donors (Lipinski definition) is 1. The number of H-pyrrole nitrogens is 1. The summed E-state index contributed by atoms with van der Waals surface area (Å²) in [7, 11) is 0. The molecule has 0 spiro atoms. The Morgan fingerprint density at radius 3 is 3.06 bits per heavy atom. The normalized spacial score (nSPS) is 10.8. The Labute approximate surface area is 104 Å². The van der Waals surface area contributed by atoms with E-state index in [-0.39, 0.29) is 0 Å². The molecule has 0 saturated heterocycles. The molecular weight excluding hydrogens is 236 g/mol. The van der Waals surface area contributed by atoms with Gasteiger partial charge in [0.15, 0.2) is 4.77 Å². The molecule has 2 rings (SSSR count). The third-order valence-electron chi connectivity index (χ3n) is 2.38. The highest BCUT2D eigenvalue weighted by atomic mass is 32.2. The molecule has 0 aliphatic carbocycles. The predicted octanol–water partition coefficient (Wildman–Crippen LogP) is 3.62. The van der Waals surface area contributed by atoms with Crippen molar-refractivity contribution in [1.82, 2.24) is 9.55 Å². The molecule has 0 aliphatic heterocycles. The Hall–Kier alpha value is -1.00. The molecule has 84 valence electrons. The molecule has 0 saturated carbocycles. The van der Waals surface area contributed by atoms with Gasteiger partial charge in [0.2, 0.25) is 0 Å². The van der Waals surface area contributed by atoms with E-state index in [1.54, 1.807) is 0 Å². The maximum atomic E-state index is 5.31. The first kappa shape index (κ1) is 11.5. The zero-order valence-corrected chi connectivity index (χ0v) is 10.6. The lowest BCUT2D eigenvalue weighted by atomic mass is 10.3. The monoisotopic (exact) mass is 250 g/mol. The van der Waals surface area contributed by atoms with Crippen molar-refractivity contribution in [3.63, 3.8) is 0 Å². The van der Waals surface area contributed by atoms with Crippen LogP contribution in [0.25, 0.3) is 11.0 Å². The Morgan fingerprint density at radius 1 is 1.44 bits per heavy atom. The van der Waals surface area contributed by atoms with Gasteiger partial charge in [-0.05, 0) is 24.4 Å². The minimum absolute atomic E-state index is 0.806. The van der Waals surface area contributed by atoms with E-state index < -0.39 is 0 Å². The van der Waals surface area contributed by atoms with Gasteiger partial charge in [-0.1, -0.05) is 18.2 Å². The summed E-state index contributed by atoms with van der Waals surface area (Å²) in [5.41, 5.74) is 2.30. The van der Waals surface area contributed by atoms with E-state index in [4.69, 9.17) is 12.2 Å². The van der Waals surface area contributed by atoms with Crippen molar-refractivity contribution in [3.8, 4) is 0 Å². The molecular formula is C12H14N2S2. The third kappa shape index (κ3) is 2.39. The number of nitrogens with one attached hydrogen (secondary N) is 1. The van der Waals surface area contributed by atoms with E-state index in [1.165, 1.54) is 5.52 Å². The number of nitrogens with zero attached hydrogens (tertiary/aromatic N) is 1. The van der Waals surface area contributed by atoms with Gasteiger partial charge in [-0.2, -0.15) is 11.8 Å². The van der Waals surface area contributed by atoms with Gasteiger partial charge in [-0.3, -0.25) is 0 Å². The zero-order valence-electron chi connectivity index (χ0n) is 8.98. The first-order valence-electron chi connectivity index (χ1n) is 5.19. The van der Waals surface area contributed by atoms with Crippen molar-refractivity contribution in [2.24, 2.45) is 0 Å². The van der Waals surface area contributed by atoms with Crippen LogP contribution in [-0.2, 0) is 6.54 Å². The van der Waals surface area contributed by atoms with Crippen molar-refractivity contribution < 1.29 is 0 Å². The lowest BCUT2D eigenvalue weighted by Gasteiger charge is -2.03. The van der Waals surface area contributed by atoms with Crippen LogP contribution < -0.4 is 0 Å². The van der Waals surface area contributed by atoms with Crippen LogP contribution in [0.15, 0.2) is 36.9 Å². The van der Waals surface area contributed by atoms with Crippen molar-refractivity contribution >= 4 is 35.0 Å². The average Bonchev–Trinajstić information content (AvgIpc) is 2.61. The summed E-state index contributed by atoms with van der Waals surface area (Å²) in [5.74, 6) is 2.05. The average molecular weight is 250 g/mol. The number of thioether (sulfide) groups is 1. The van der Waals surface area contributed by atoms with Gasteiger partial charge in [0, 0.05) is 18.1 Å². The molecule has 16 heavy (non-hydrogen) atoms. The van der Waals surface area contributed by atoms with Crippen molar-refractivity contribution in [2.45, 2.75) is 6.54 Å². The van der Waals surface area contributed by atoms with Gasteiger partial charge in [0.25, 0.3) is 0 Å². The Morgan fingerprint density at radius 2 is 2.25 bits per heavy atom. The second-order valence-corrected chi connectivity index (χ2v) is 5.00. The quantitative estimate of drug-likeness (QED) is 0.497. The summed E-state index contributed by atoms with van der Waals surface area (Å²) in [4.78, 5) is 3.22. The lowest BCUT2D eigenvalue weighted by molar-refractivity contribution is 0.784. The molecule has 1 N–H and O–H groups in total. The van der Waals surface area contributed by atoms with Gasteiger partial charge in [0.1, 0.15) is 0 Å². The standard InChI is InChI=1S/C12H14N2S2/c1-2-8-16-9-7-14-11-6-4-3-5-10(11)13-12(14)15/h2-6H,1,7-9H2,(H,13,15). The van der Waals surface area contributed by atoms with Gasteiger partial charge in [0.05, 0.1) is 11.0 Å². The molecule has 0 radical (unpaired) electrons. The molecule has 0 amide bonds. The minimum Gasteiger partial charge on any atom is -0.331 e. The van der Waals surface area contributed by atoms with Crippen molar-refractivity contribution in [1.29, 1.82) is 0 Å². The number of fused-ring (bicyclic) bond motifs is 1. The van der Waals surface area contributed by atoms with E-state index in [0.29, 0.717) is 0 Å². The summed E-state index contributed by atoms with van der Waals surface area (Å²) >= 11 is 7.18. The van der Waals surface area contributed by atoms with Crippen LogP contribution in [0.1, 0.15) is 0 Å². The molecule has 0 aliphatic rings. The number of aromatic amines is 1. The molecule has 0 fully saturated rings. The van der Waals surface area contributed by atoms with Crippen LogP contribution in [0.4, 0.5) is 0 Å². The maximum absolute atomic E-state index is 5.31. The first-order chi connectivity index (χ1) is 7.83. The fraction of sp³-hybridized carbons (Fsp3) is 0.250. The molecule has 1 aromatic carbocycles. The molecule has 2 nitrogen and oxygen atoms in total. The molecule has 0 bridgehead atoms. The van der Waals surface area contributed by atoms with E-state index in [1.807, 2.05) is 30.0 Å². The first-order valence-corrected chi connectivity index (χ1v) is 6.75. The smallest absolute Gasteiger partial charge is 0.178 e. The van der Waals surface area contributed by atoms with Gasteiger partial charge >= 0.3 is 0 Å². The third-order valence-corrected chi connectivity index (χ3v) is 3.64. The molecule has 1 heterocycles. The molecule has 1 aromatic heterocycles. The van der Waals surface area contributed by atoms with Crippen LogP contribution in [0, 0.1) is 4.77 Å². The molecule has 2 aromatic rings. The summed E-state index contributed by atoms with van der Waals surface area (Å²) in [6.07, 6.45) is 1.93. The number of imidazole rings is 1. The molecule has 0 unspecified atom stereocenters. The minimum atomic E-state index is 0.806. The SMILES string of the molecule is C=CCSCCn1c(=S)[nH]c2ccccc21. The Balaban J connectivity index is 2.19. The summed E-state index contributed by atoms with van der Waals surface area (Å²) in [6, 6.07) is 8.21. The van der Waals surface area contributed by atoms with Crippen LogP contribution >= 0.6 is 24.0 Å². The van der Waals surface area contributed by atoms with Gasteiger partial charge in [-0.15, -0.1) is 6.58 Å². The molecule has 0 atom stereocenters. The number of rotatable bonds is 5. The topological polar surface area (TPSA) is 20.7 Å². The summed E-state index contributed by atoms with van der Waals surface area (Å²) < 4.78 is 2.96.